The van der Waals surface area contributed by atoms with E-state index in [1.54, 1.807) is 45.6 Å². The van der Waals surface area contributed by atoms with E-state index in [1.807, 2.05) is 56.3 Å². The Bertz CT molecular complexity index is 1690. The summed E-state index contributed by atoms with van der Waals surface area (Å²) in [5, 5.41) is 10.6. The van der Waals surface area contributed by atoms with E-state index in [0.717, 1.165) is 34.8 Å². The Hall–Kier alpha value is -4.70. The number of aromatic nitrogens is 3. The standard InChI is InChI=1S/C30H24F3N5OS/c1-19-16-25(20(2)37(19)24-15-9-12-22(17-24)30(31,32)33)26-18-27(38(36-26)23-13-7-4-8-14-23)34-29(40)35-28(39)21-10-5-3-6-11-21/h3-18H,1-2H3,(H2,34,35,39,40). The van der Waals surface area contributed by atoms with Crippen LogP contribution in [0.25, 0.3) is 22.6 Å². The van der Waals surface area contributed by atoms with E-state index in [4.69, 9.17) is 17.3 Å². The molecule has 0 unspecified atom stereocenters. The third-order valence-electron chi connectivity index (χ3n) is 6.35. The first kappa shape index (κ1) is 26.9. The molecule has 0 saturated carbocycles. The second-order valence-corrected chi connectivity index (χ2v) is 9.51. The number of nitrogens with one attached hydrogen (secondary N) is 2. The summed E-state index contributed by atoms with van der Waals surface area (Å²) >= 11 is 5.42. The molecule has 2 aromatic heterocycles. The van der Waals surface area contributed by atoms with Gasteiger partial charge < -0.3 is 9.88 Å². The van der Waals surface area contributed by atoms with E-state index in [1.165, 1.54) is 6.07 Å². The minimum Gasteiger partial charge on any atom is -0.318 e. The number of carbonyl (C=O) groups is 1. The molecule has 0 aliphatic heterocycles. The molecule has 2 heterocycles. The van der Waals surface area contributed by atoms with E-state index >= 15 is 0 Å². The van der Waals surface area contributed by atoms with Crippen molar-refractivity contribution in [2.45, 2.75) is 20.0 Å². The summed E-state index contributed by atoms with van der Waals surface area (Å²) in [5.41, 5.74) is 3.70. The number of amides is 1. The lowest BCUT2D eigenvalue weighted by atomic mass is 10.1. The number of nitrogens with zero attached hydrogens (tertiary/aromatic N) is 3. The average molecular weight is 560 g/mol. The van der Waals surface area contributed by atoms with Crippen molar-refractivity contribution in [2.24, 2.45) is 0 Å². The van der Waals surface area contributed by atoms with Crippen LogP contribution in [0.2, 0.25) is 0 Å². The van der Waals surface area contributed by atoms with Crippen LogP contribution >= 0.6 is 12.2 Å². The highest BCUT2D eigenvalue weighted by Crippen LogP contribution is 2.34. The summed E-state index contributed by atoms with van der Waals surface area (Å²) in [6.45, 7) is 3.67. The zero-order valence-electron chi connectivity index (χ0n) is 21.5. The Morgan fingerprint density at radius 3 is 2.17 bits per heavy atom. The number of thiocarbonyl (C=S) groups is 1. The number of alkyl halides is 3. The maximum Gasteiger partial charge on any atom is 0.416 e. The van der Waals surface area contributed by atoms with Crippen LogP contribution in [0.1, 0.15) is 27.3 Å². The molecular weight excluding hydrogens is 535 g/mol. The van der Waals surface area contributed by atoms with Crippen molar-refractivity contribution >= 4 is 29.1 Å². The fourth-order valence-electron chi connectivity index (χ4n) is 4.52. The van der Waals surface area contributed by atoms with Gasteiger partial charge in [-0.15, -0.1) is 0 Å². The molecule has 0 atom stereocenters. The second kappa shape index (κ2) is 10.8. The number of benzene rings is 3. The van der Waals surface area contributed by atoms with E-state index in [0.29, 0.717) is 22.8 Å². The van der Waals surface area contributed by atoms with Gasteiger partial charge in [-0.3, -0.25) is 10.1 Å². The molecule has 0 aliphatic carbocycles. The van der Waals surface area contributed by atoms with E-state index in [2.05, 4.69) is 10.6 Å². The van der Waals surface area contributed by atoms with E-state index < -0.39 is 11.7 Å². The van der Waals surface area contributed by atoms with Gasteiger partial charge in [0.1, 0.15) is 5.82 Å². The van der Waals surface area contributed by atoms with Crippen molar-refractivity contribution in [1.82, 2.24) is 19.7 Å². The Morgan fingerprint density at radius 2 is 1.50 bits per heavy atom. The van der Waals surface area contributed by atoms with Gasteiger partial charge in [0.15, 0.2) is 5.11 Å². The van der Waals surface area contributed by atoms with Gasteiger partial charge in [0.25, 0.3) is 5.91 Å². The second-order valence-electron chi connectivity index (χ2n) is 9.10. The SMILES string of the molecule is Cc1cc(-c2cc(NC(=S)NC(=O)c3ccccc3)n(-c3ccccc3)n2)c(C)n1-c1cccc(C(F)(F)F)c1. The van der Waals surface area contributed by atoms with Crippen LogP contribution in [0.4, 0.5) is 19.0 Å². The quantitative estimate of drug-likeness (QED) is 0.226. The molecule has 5 rings (SSSR count). The smallest absolute Gasteiger partial charge is 0.318 e. The van der Waals surface area contributed by atoms with Gasteiger partial charge in [-0.05, 0) is 74.6 Å². The Labute approximate surface area is 234 Å². The van der Waals surface area contributed by atoms with Gasteiger partial charge in [-0.25, -0.2) is 4.68 Å². The molecule has 0 fully saturated rings. The molecule has 6 nitrogen and oxygen atoms in total. The fraction of sp³-hybridized carbons (Fsp3) is 0.100. The molecule has 5 aromatic rings. The first-order valence-electron chi connectivity index (χ1n) is 12.3. The molecule has 0 bridgehead atoms. The Morgan fingerprint density at radius 1 is 0.850 bits per heavy atom. The van der Waals surface area contributed by atoms with Crippen LogP contribution in [0, 0.1) is 13.8 Å². The molecule has 0 saturated heterocycles. The molecule has 0 spiro atoms. The highest BCUT2D eigenvalue weighted by molar-refractivity contribution is 7.80. The van der Waals surface area contributed by atoms with Crippen LogP contribution in [-0.2, 0) is 6.18 Å². The summed E-state index contributed by atoms with van der Waals surface area (Å²) in [6, 6.07) is 27.0. The third kappa shape index (κ3) is 5.52. The van der Waals surface area contributed by atoms with E-state index in [9.17, 15) is 18.0 Å². The van der Waals surface area contributed by atoms with Crippen molar-refractivity contribution in [1.29, 1.82) is 0 Å². The molecule has 40 heavy (non-hydrogen) atoms. The highest BCUT2D eigenvalue weighted by Gasteiger charge is 2.31. The number of hydrogen-bond donors (Lipinski definition) is 2. The first-order chi connectivity index (χ1) is 19.1. The molecular formula is C30H24F3N5OS. The minimum atomic E-state index is -4.45. The van der Waals surface area contributed by atoms with Gasteiger partial charge in [0.2, 0.25) is 0 Å². The van der Waals surface area contributed by atoms with Gasteiger partial charge in [0, 0.05) is 34.3 Å². The van der Waals surface area contributed by atoms with Crippen LogP contribution in [0.15, 0.2) is 97.1 Å². The lowest BCUT2D eigenvalue weighted by Crippen LogP contribution is -2.34. The normalized spacial score (nSPS) is 11.3. The summed E-state index contributed by atoms with van der Waals surface area (Å²) in [7, 11) is 0. The van der Waals surface area contributed by atoms with Crippen molar-refractivity contribution in [3.63, 3.8) is 0 Å². The van der Waals surface area contributed by atoms with E-state index in [-0.39, 0.29) is 11.0 Å². The minimum absolute atomic E-state index is 0.0897. The predicted octanol–water partition coefficient (Wildman–Crippen LogP) is 7.09. The molecule has 0 aliphatic rings. The van der Waals surface area contributed by atoms with Crippen molar-refractivity contribution in [2.75, 3.05) is 5.32 Å². The lowest BCUT2D eigenvalue weighted by molar-refractivity contribution is -0.137. The maximum absolute atomic E-state index is 13.4. The molecule has 2 N–H and O–H groups in total. The number of aryl methyl sites for hydroxylation is 1. The van der Waals surface area contributed by atoms with Crippen LogP contribution < -0.4 is 10.6 Å². The van der Waals surface area contributed by atoms with Crippen molar-refractivity contribution in [3.05, 3.63) is 120 Å². The van der Waals surface area contributed by atoms with Gasteiger partial charge >= 0.3 is 6.18 Å². The number of hydrogen-bond acceptors (Lipinski definition) is 3. The number of anilines is 1. The monoisotopic (exact) mass is 559 g/mol. The Balaban J connectivity index is 1.51. The third-order valence-corrected chi connectivity index (χ3v) is 6.56. The number of para-hydroxylation sites is 1. The molecule has 202 valence electrons. The molecule has 1 amide bonds. The summed E-state index contributed by atoms with van der Waals surface area (Å²) < 4.78 is 43.6. The zero-order chi connectivity index (χ0) is 28.4. The molecule has 0 radical (unpaired) electrons. The van der Waals surface area contributed by atoms with Gasteiger partial charge in [-0.1, -0.05) is 42.5 Å². The first-order valence-corrected chi connectivity index (χ1v) is 12.7. The highest BCUT2D eigenvalue weighted by atomic mass is 32.1. The Kier molecular flexibility index (Phi) is 7.27. The van der Waals surface area contributed by atoms with Crippen LogP contribution in [0.3, 0.4) is 0 Å². The zero-order valence-corrected chi connectivity index (χ0v) is 22.3. The fourth-order valence-corrected chi connectivity index (χ4v) is 4.72. The number of halogens is 3. The maximum atomic E-state index is 13.4. The number of rotatable bonds is 5. The van der Waals surface area contributed by atoms with Crippen molar-refractivity contribution in [3.8, 4) is 22.6 Å². The average Bonchev–Trinajstić information content (AvgIpc) is 3.48. The van der Waals surface area contributed by atoms with Crippen LogP contribution in [-0.4, -0.2) is 25.4 Å². The summed E-state index contributed by atoms with van der Waals surface area (Å²) in [5.74, 6) is 0.150. The molecule has 3 aromatic carbocycles. The van der Waals surface area contributed by atoms with Crippen LogP contribution in [0.5, 0.6) is 0 Å². The molecule has 10 heteroatoms. The number of carbonyl (C=O) groups excluding carboxylic acids is 1. The van der Waals surface area contributed by atoms with Gasteiger partial charge in [-0.2, -0.15) is 18.3 Å². The summed E-state index contributed by atoms with van der Waals surface area (Å²) in [6.07, 6.45) is -4.45. The summed E-state index contributed by atoms with van der Waals surface area (Å²) in [4.78, 5) is 12.6. The lowest BCUT2D eigenvalue weighted by Gasteiger charge is -2.13. The predicted molar refractivity (Wildman–Crippen MR) is 153 cm³/mol. The van der Waals surface area contributed by atoms with Gasteiger partial charge in [0.05, 0.1) is 16.9 Å². The van der Waals surface area contributed by atoms with Crippen molar-refractivity contribution < 1.29 is 18.0 Å². The topological polar surface area (TPSA) is 63.9 Å². The largest absolute Gasteiger partial charge is 0.416 e.